The van der Waals surface area contributed by atoms with Gasteiger partial charge in [-0.3, -0.25) is 4.79 Å². The maximum absolute atomic E-state index is 12.3. The molecule has 0 saturated carbocycles. The zero-order valence-electron chi connectivity index (χ0n) is 11.6. The van der Waals surface area contributed by atoms with Crippen molar-refractivity contribution in [1.82, 2.24) is 0 Å². The van der Waals surface area contributed by atoms with Gasteiger partial charge in [0.1, 0.15) is 5.75 Å². The number of para-hydroxylation sites is 1. The number of rotatable bonds is 5. The molecule has 0 aromatic heterocycles. The minimum absolute atomic E-state index is 0.149. The summed E-state index contributed by atoms with van der Waals surface area (Å²) in [5, 5.41) is 5.88. The van der Waals surface area contributed by atoms with Gasteiger partial charge < -0.3 is 15.4 Å². The van der Waals surface area contributed by atoms with Crippen LogP contribution in [0, 0.1) is 0 Å². The van der Waals surface area contributed by atoms with Crippen molar-refractivity contribution in [3.8, 4) is 5.75 Å². The molecule has 0 aliphatic rings. The van der Waals surface area contributed by atoms with Crippen LogP contribution in [-0.4, -0.2) is 19.6 Å². The maximum atomic E-state index is 12.3. The number of ether oxygens (including phenoxy) is 1. The second kappa shape index (κ2) is 6.61. The Bertz CT molecular complexity index is 597. The third-order valence-corrected chi connectivity index (χ3v) is 2.84. The van der Waals surface area contributed by atoms with Crippen molar-refractivity contribution >= 4 is 17.3 Å². The number of anilines is 2. The van der Waals surface area contributed by atoms with E-state index < -0.39 is 0 Å². The summed E-state index contributed by atoms with van der Waals surface area (Å²) in [5.74, 6) is 0.593. The third kappa shape index (κ3) is 3.29. The first kappa shape index (κ1) is 13.9. The van der Waals surface area contributed by atoms with Crippen LogP contribution in [0.3, 0.4) is 0 Å². The highest BCUT2D eigenvalue weighted by molar-refractivity contribution is 6.08. The van der Waals surface area contributed by atoms with E-state index in [1.807, 2.05) is 49.4 Å². The molecule has 0 aliphatic heterocycles. The molecule has 0 spiro atoms. The van der Waals surface area contributed by atoms with Crippen molar-refractivity contribution in [1.29, 1.82) is 0 Å². The molecule has 0 saturated heterocycles. The molecule has 0 heterocycles. The Morgan fingerprint density at radius 3 is 2.70 bits per heavy atom. The van der Waals surface area contributed by atoms with Gasteiger partial charge in [0.2, 0.25) is 0 Å². The fraction of sp³-hybridized carbons (Fsp3) is 0.188. The lowest BCUT2D eigenvalue weighted by Gasteiger charge is -2.10. The fourth-order valence-corrected chi connectivity index (χ4v) is 1.93. The Labute approximate surface area is 118 Å². The van der Waals surface area contributed by atoms with E-state index in [0.29, 0.717) is 17.9 Å². The molecule has 0 fully saturated rings. The minimum atomic E-state index is -0.149. The van der Waals surface area contributed by atoms with Crippen LogP contribution >= 0.6 is 0 Å². The predicted octanol–water partition coefficient (Wildman–Crippen LogP) is 3.38. The summed E-state index contributed by atoms with van der Waals surface area (Å²) in [6, 6.07) is 14.7. The molecule has 2 aromatic rings. The van der Waals surface area contributed by atoms with Gasteiger partial charge in [-0.2, -0.15) is 0 Å². The van der Waals surface area contributed by atoms with Crippen LogP contribution in [0.25, 0.3) is 0 Å². The van der Waals surface area contributed by atoms with E-state index in [1.54, 1.807) is 13.1 Å². The molecule has 4 nitrogen and oxygen atoms in total. The quantitative estimate of drug-likeness (QED) is 0.875. The summed E-state index contributed by atoms with van der Waals surface area (Å²) in [6.07, 6.45) is 0. The number of carbonyl (C=O) groups excluding carboxylic acids is 1. The Morgan fingerprint density at radius 1 is 1.15 bits per heavy atom. The minimum Gasteiger partial charge on any atom is -0.494 e. The average molecular weight is 270 g/mol. The highest BCUT2D eigenvalue weighted by Gasteiger charge is 2.10. The number of amides is 1. The molecule has 2 rings (SSSR count). The monoisotopic (exact) mass is 270 g/mol. The third-order valence-electron chi connectivity index (χ3n) is 2.84. The molecule has 2 aromatic carbocycles. The molecule has 4 heteroatoms. The Balaban J connectivity index is 2.17. The summed E-state index contributed by atoms with van der Waals surface area (Å²) in [6.45, 7) is 2.52. The van der Waals surface area contributed by atoms with Gasteiger partial charge in [-0.1, -0.05) is 18.2 Å². The predicted molar refractivity (Wildman–Crippen MR) is 81.6 cm³/mol. The summed E-state index contributed by atoms with van der Waals surface area (Å²) < 4.78 is 5.42. The van der Waals surface area contributed by atoms with E-state index in [9.17, 15) is 4.79 Å². The highest BCUT2D eigenvalue weighted by atomic mass is 16.5. The van der Waals surface area contributed by atoms with Gasteiger partial charge in [0, 0.05) is 24.5 Å². The van der Waals surface area contributed by atoms with Gasteiger partial charge in [-0.15, -0.1) is 0 Å². The van der Waals surface area contributed by atoms with Gasteiger partial charge in [-0.25, -0.2) is 0 Å². The number of benzene rings is 2. The zero-order chi connectivity index (χ0) is 14.4. The summed E-state index contributed by atoms with van der Waals surface area (Å²) in [4.78, 5) is 12.3. The fourth-order valence-electron chi connectivity index (χ4n) is 1.93. The van der Waals surface area contributed by atoms with Crippen molar-refractivity contribution in [3.63, 3.8) is 0 Å². The largest absolute Gasteiger partial charge is 0.494 e. The maximum Gasteiger partial charge on any atom is 0.257 e. The van der Waals surface area contributed by atoms with E-state index in [-0.39, 0.29) is 5.91 Å². The van der Waals surface area contributed by atoms with E-state index >= 15 is 0 Å². The average Bonchev–Trinajstić information content (AvgIpc) is 2.48. The first-order chi connectivity index (χ1) is 9.74. The number of carbonyl (C=O) groups is 1. The van der Waals surface area contributed by atoms with Crippen LogP contribution in [0.5, 0.6) is 5.75 Å². The summed E-state index contributed by atoms with van der Waals surface area (Å²) in [5.41, 5.74) is 2.12. The Kier molecular flexibility index (Phi) is 4.60. The van der Waals surface area contributed by atoms with Crippen LogP contribution < -0.4 is 15.4 Å². The van der Waals surface area contributed by atoms with Crippen LogP contribution in [-0.2, 0) is 0 Å². The molecular formula is C16H18N2O2. The Morgan fingerprint density at radius 2 is 1.95 bits per heavy atom. The van der Waals surface area contributed by atoms with E-state index in [1.165, 1.54) is 0 Å². The summed E-state index contributed by atoms with van der Waals surface area (Å²) in [7, 11) is 1.79. The van der Waals surface area contributed by atoms with Crippen LogP contribution in [0.1, 0.15) is 17.3 Å². The number of nitrogens with one attached hydrogen (secondary N) is 2. The molecule has 2 N–H and O–H groups in total. The molecule has 20 heavy (non-hydrogen) atoms. The molecule has 0 unspecified atom stereocenters. The van der Waals surface area contributed by atoms with Crippen LogP contribution in [0.2, 0.25) is 0 Å². The number of hydrogen-bond donors (Lipinski definition) is 2. The van der Waals surface area contributed by atoms with Gasteiger partial charge in [-0.05, 0) is 31.2 Å². The lowest BCUT2D eigenvalue weighted by Crippen LogP contribution is -2.13. The Hall–Kier alpha value is -2.49. The van der Waals surface area contributed by atoms with Crippen LogP contribution in [0.15, 0.2) is 48.5 Å². The van der Waals surface area contributed by atoms with Crippen molar-refractivity contribution in [2.45, 2.75) is 6.92 Å². The lowest BCUT2D eigenvalue weighted by atomic mass is 10.1. The van der Waals surface area contributed by atoms with Gasteiger partial charge in [0.25, 0.3) is 5.91 Å². The number of hydrogen-bond acceptors (Lipinski definition) is 3. The molecule has 104 valence electrons. The first-order valence-corrected chi connectivity index (χ1v) is 6.55. The van der Waals surface area contributed by atoms with Gasteiger partial charge in [0.15, 0.2) is 0 Å². The van der Waals surface area contributed by atoms with E-state index in [2.05, 4.69) is 10.6 Å². The summed E-state index contributed by atoms with van der Waals surface area (Å²) >= 11 is 0. The lowest BCUT2D eigenvalue weighted by molar-refractivity contribution is 0.102. The van der Waals surface area contributed by atoms with E-state index in [4.69, 9.17) is 4.74 Å². The first-order valence-electron chi connectivity index (χ1n) is 6.55. The highest BCUT2D eigenvalue weighted by Crippen LogP contribution is 2.20. The second-order valence-electron chi connectivity index (χ2n) is 4.21. The smallest absolute Gasteiger partial charge is 0.257 e. The standard InChI is InChI=1S/C16H18N2O2/c1-3-20-13-8-6-7-12(11-13)18-16(19)14-9-4-5-10-15(14)17-2/h4-11,17H,3H2,1-2H3,(H,18,19). The SMILES string of the molecule is CCOc1cccc(NC(=O)c2ccccc2NC)c1. The normalized spacial score (nSPS) is 9.90. The van der Waals surface area contributed by atoms with Gasteiger partial charge >= 0.3 is 0 Å². The molecular weight excluding hydrogens is 252 g/mol. The van der Waals surface area contributed by atoms with Crippen molar-refractivity contribution in [2.75, 3.05) is 24.3 Å². The molecule has 0 aliphatic carbocycles. The molecule has 0 radical (unpaired) electrons. The van der Waals surface area contributed by atoms with Crippen molar-refractivity contribution in [3.05, 3.63) is 54.1 Å². The zero-order valence-corrected chi connectivity index (χ0v) is 11.6. The van der Waals surface area contributed by atoms with Crippen molar-refractivity contribution in [2.24, 2.45) is 0 Å². The molecule has 1 amide bonds. The van der Waals surface area contributed by atoms with Crippen molar-refractivity contribution < 1.29 is 9.53 Å². The van der Waals surface area contributed by atoms with Gasteiger partial charge in [0.05, 0.1) is 12.2 Å². The van der Waals surface area contributed by atoms with E-state index in [0.717, 1.165) is 11.4 Å². The molecule has 0 bridgehead atoms. The topological polar surface area (TPSA) is 50.4 Å². The molecule has 0 atom stereocenters. The second-order valence-corrected chi connectivity index (χ2v) is 4.21. The van der Waals surface area contributed by atoms with Crippen LogP contribution in [0.4, 0.5) is 11.4 Å².